The zero-order chi connectivity index (χ0) is 14.7. The summed E-state index contributed by atoms with van der Waals surface area (Å²) >= 11 is 0. The summed E-state index contributed by atoms with van der Waals surface area (Å²) in [6, 6.07) is 16.2. The molecular weight excluding hydrogens is 254 g/mol. The number of nitrogens with one attached hydrogen (secondary N) is 1. The fourth-order valence-corrected chi connectivity index (χ4v) is 4.01. The van der Waals surface area contributed by atoms with Gasteiger partial charge in [0.15, 0.2) is 0 Å². The highest BCUT2D eigenvalue weighted by Crippen LogP contribution is 2.45. The van der Waals surface area contributed by atoms with E-state index in [1.807, 2.05) is 0 Å². The van der Waals surface area contributed by atoms with Crippen LogP contribution in [0.4, 0.5) is 0 Å². The third-order valence-electron chi connectivity index (χ3n) is 5.21. The molecule has 1 heteroatoms. The Hall–Kier alpha value is -1.34. The van der Waals surface area contributed by atoms with Crippen molar-refractivity contribution in [1.82, 2.24) is 5.32 Å². The molecule has 0 aliphatic heterocycles. The van der Waals surface area contributed by atoms with Crippen LogP contribution in [0.1, 0.15) is 57.6 Å². The van der Waals surface area contributed by atoms with E-state index in [9.17, 15) is 0 Å². The number of hydrogen-bond acceptors (Lipinski definition) is 1. The van der Waals surface area contributed by atoms with Gasteiger partial charge in [-0.3, -0.25) is 0 Å². The molecule has 0 radical (unpaired) electrons. The number of rotatable bonds is 4. The molecule has 0 spiro atoms. The van der Waals surface area contributed by atoms with Crippen LogP contribution in [0.3, 0.4) is 0 Å². The molecule has 1 aliphatic rings. The average molecular weight is 281 g/mol. The van der Waals surface area contributed by atoms with E-state index in [1.54, 1.807) is 0 Å². The van der Waals surface area contributed by atoms with Crippen LogP contribution in [0.5, 0.6) is 0 Å². The monoisotopic (exact) mass is 281 g/mol. The highest BCUT2D eigenvalue weighted by Gasteiger charge is 2.35. The highest BCUT2D eigenvalue weighted by molar-refractivity contribution is 5.83. The van der Waals surface area contributed by atoms with Gasteiger partial charge in [-0.15, -0.1) is 0 Å². The van der Waals surface area contributed by atoms with Crippen molar-refractivity contribution in [2.45, 2.75) is 52.0 Å². The Labute approximate surface area is 128 Å². The first-order valence-corrected chi connectivity index (χ1v) is 8.45. The molecule has 1 unspecified atom stereocenters. The molecule has 0 aromatic heterocycles. The maximum Gasteiger partial charge on any atom is 0.0374 e. The number of hydrogen-bond donors (Lipinski definition) is 1. The molecule has 1 atom stereocenters. The van der Waals surface area contributed by atoms with Crippen LogP contribution in [-0.2, 0) is 0 Å². The van der Waals surface area contributed by atoms with Crippen LogP contribution >= 0.6 is 0 Å². The van der Waals surface area contributed by atoms with Crippen molar-refractivity contribution in [2.24, 2.45) is 5.41 Å². The Morgan fingerprint density at radius 2 is 1.71 bits per heavy atom. The van der Waals surface area contributed by atoms with E-state index in [0.29, 0.717) is 11.5 Å². The summed E-state index contributed by atoms with van der Waals surface area (Å²) in [7, 11) is 0. The van der Waals surface area contributed by atoms with Crippen LogP contribution < -0.4 is 5.32 Å². The second kappa shape index (κ2) is 6.19. The van der Waals surface area contributed by atoms with Gasteiger partial charge < -0.3 is 5.32 Å². The molecule has 1 nitrogen and oxygen atoms in total. The molecule has 0 heterocycles. The van der Waals surface area contributed by atoms with Gasteiger partial charge in [0.2, 0.25) is 0 Å². The lowest BCUT2D eigenvalue weighted by Gasteiger charge is -2.41. The molecule has 1 aliphatic carbocycles. The molecule has 1 fully saturated rings. The van der Waals surface area contributed by atoms with Crippen molar-refractivity contribution in [3.63, 3.8) is 0 Å². The van der Waals surface area contributed by atoms with E-state index in [-0.39, 0.29) is 0 Å². The van der Waals surface area contributed by atoms with Crippen molar-refractivity contribution in [2.75, 3.05) is 6.54 Å². The predicted molar refractivity (Wildman–Crippen MR) is 91.6 cm³/mol. The van der Waals surface area contributed by atoms with Crippen molar-refractivity contribution in [1.29, 1.82) is 0 Å². The SMILES string of the molecule is CCNC(c1ccc2ccccc2c1)C1(C)CCCCC1. The molecular formula is C20H27N. The smallest absolute Gasteiger partial charge is 0.0374 e. The van der Waals surface area contributed by atoms with Crippen LogP contribution in [0.2, 0.25) is 0 Å². The summed E-state index contributed by atoms with van der Waals surface area (Å²) in [5, 5.41) is 6.47. The molecule has 1 saturated carbocycles. The summed E-state index contributed by atoms with van der Waals surface area (Å²) in [5.41, 5.74) is 1.86. The molecule has 0 saturated heterocycles. The lowest BCUT2D eigenvalue weighted by Crippen LogP contribution is -2.37. The third-order valence-corrected chi connectivity index (χ3v) is 5.21. The quantitative estimate of drug-likeness (QED) is 0.784. The van der Waals surface area contributed by atoms with Crippen molar-refractivity contribution < 1.29 is 0 Å². The van der Waals surface area contributed by atoms with E-state index < -0.39 is 0 Å². The van der Waals surface area contributed by atoms with Gasteiger partial charge in [0.25, 0.3) is 0 Å². The molecule has 0 bridgehead atoms. The summed E-state index contributed by atoms with van der Waals surface area (Å²) in [5.74, 6) is 0. The van der Waals surface area contributed by atoms with Gasteiger partial charge in [0, 0.05) is 6.04 Å². The second-order valence-electron chi connectivity index (χ2n) is 6.81. The third kappa shape index (κ3) is 2.98. The van der Waals surface area contributed by atoms with Gasteiger partial charge in [0.05, 0.1) is 0 Å². The predicted octanol–water partition coefficient (Wildman–Crippen LogP) is 5.46. The van der Waals surface area contributed by atoms with E-state index in [1.165, 1.54) is 48.4 Å². The fraction of sp³-hybridized carbons (Fsp3) is 0.500. The van der Waals surface area contributed by atoms with E-state index in [0.717, 1.165) is 6.54 Å². The fourth-order valence-electron chi connectivity index (χ4n) is 4.01. The maximum atomic E-state index is 3.77. The topological polar surface area (TPSA) is 12.0 Å². The Balaban J connectivity index is 1.98. The minimum atomic E-state index is 0.400. The largest absolute Gasteiger partial charge is 0.310 e. The molecule has 1 N–H and O–H groups in total. The maximum absolute atomic E-state index is 3.77. The Kier molecular flexibility index (Phi) is 4.30. The van der Waals surface area contributed by atoms with Gasteiger partial charge in [0.1, 0.15) is 0 Å². The van der Waals surface area contributed by atoms with E-state index >= 15 is 0 Å². The molecule has 3 rings (SSSR count). The van der Waals surface area contributed by atoms with Gasteiger partial charge in [-0.1, -0.05) is 69.5 Å². The average Bonchev–Trinajstić information content (AvgIpc) is 2.53. The second-order valence-corrected chi connectivity index (χ2v) is 6.81. The molecule has 21 heavy (non-hydrogen) atoms. The summed E-state index contributed by atoms with van der Waals surface area (Å²) < 4.78 is 0. The lowest BCUT2D eigenvalue weighted by molar-refractivity contribution is 0.146. The zero-order valence-corrected chi connectivity index (χ0v) is 13.4. The van der Waals surface area contributed by atoms with Crippen molar-refractivity contribution in [3.05, 3.63) is 48.0 Å². The first-order chi connectivity index (χ1) is 10.2. The molecule has 0 amide bonds. The summed E-state index contributed by atoms with van der Waals surface area (Å²) in [6.45, 7) is 5.74. The van der Waals surface area contributed by atoms with E-state index in [2.05, 4.69) is 61.6 Å². The van der Waals surface area contributed by atoms with Gasteiger partial charge >= 0.3 is 0 Å². The number of benzene rings is 2. The molecule has 2 aromatic rings. The Morgan fingerprint density at radius 3 is 2.43 bits per heavy atom. The van der Waals surface area contributed by atoms with Gasteiger partial charge in [-0.05, 0) is 47.2 Å². The van der Waals surface area contributed by atoms with Gasteiger partial charge in [-0.25, -0.2) is 0 Å². The van der Waals surface area contributed by atoms with E-state index in [4.69, 9.17) is 0 Å². The molecule has 2 aromatic carbocycles. The van der Waals surface area contributed by atoms with Crippen LogP contribution in [0.25, 0.3) is 10.8 Å². The van der Waals surface area contributed by atoms with Crippen molar-refractivity contribution >= 4 is 10.8 Å². The standard InChI is InChI=1S/C20H27N/c1-3-21-19(20(2)13-7-4-8-14-20)18-12-11-16-9-5-6-10-17(16)15-18/h5-6,9-12,15,19,21H,3-4,7-8,13-14H2,1-2H3. The Morgan fingerprint density at radius 1 is 1.00 bits per heavy atom. The zero-order valence-electron chi connectivity index (χ0n) is 13.4. The van der Waals surface area contributed by atoms with Crippen molar-refractivity contribution in [3.8, 4) is 0 Å². The first kappa shape index (κ1) is 14.6. The van der Waals surface area contributed by atoms with Crippen LogP contribution in [0.15, 0.2) is 42.5 Å². The summed E-state index contributed by atoms with van der Waals surface area (Å²) in [4.78, 5) is 0. The summed E-state index contributed by atoms with van der Waals surface area (Å²) in [6.07, 6.45) is 6.86. The lowest BCUT2D eigenvalue weighted by atomic mass is 9.68. The first-order valence-electron chi connectivity index (χ1n) is 8.45. The minimum Gasteiger partial charge on any atom is -0.310 e. The minimum absolute atomic E-state index is 0.400. The Bertz CT molecular complexity index is 596. The highest BCUT2D eigenvalue weighted by atomic mass is 14.9. The van der Waals surface area contributed by atoms with Crippen LogP contribution in [0, 0.1) is 5.41 Å². The normalized spacial score (nSPS) is 19.5. The van der Waals surface area contributed by atoms with Crippen LogP contribution in [-0.4, -0.2) is 6.54 Å². The van der Waals surface area contributed by atoms with Gasteiger partial charge in [-0.2, -0.15) is 0 Å². The molecule has 112 valence electrons. The number of fused-ring (bicyclic) bond motifs is 1.